The van der Waals surface area contributed by atoms with Gasteiger partial charge in [0.1, 0.15) is 0 Å². The number of hydrogen-bond acceptors (Lipinski definition) is 2. The van der Waals surface area contributed by atoms with Crippen LogP contribution in [0.5, 0.6) is 0 Å². The van der Waals surface area contributed by atoms with E-state index in [1.165, 1.54) is 0 Å². The summed E-state index contributed by atoms with van der Waals surface area (Å²) in [4.78, 5) is 16.4. The molecule has 0 spiro atoms. The molecule has 3 N–H and O–H groups in total. The Labute approximate surface area is 160 Å². The molecular formula is C16H26ClIN4O. The molecule has 0 saturated heterocycles. The van der Waals surface area contributed by atoms with Crippen LogP contribution in [-0.2, 0) is 0 Å². The Hall–Kier alpha value is -1.02. The fourth-order valence-electron chi connectivity index (χ4n) is 1.71. The molecule has 0 aromatic heterocycles. The van der Waals surface area contributed by atoms with Crippen molar-refractivity contribution in [2.24, 2.45) is 10.9 Å². The number of halogens is 2. The highest BCUT2D eigenvalue weighted by molar-refractivity contribution is 14.0. The molecule has 5 nitrogen and oxygen atoms in total. The first-order valence-electron chi connectivity index (χ1n) is 7.59. The average Bonchev–Trinajstić information content (AvgIpc) is 2.49. The average molecular weight is 453 g/mol. The number of hydrogen-bond donors (Lipinski definition) is 3. The third kappa shape index (κ3) is 9.00. The van der Waals surface area contributed by atoms with Gasteiger partial charge < -0.3 is 16.0 Å². The van der Waals surface area contributed by atoms with E-state index in [0.717, 1.165) is 19.0 Å². The van der Waals surface area contributed by atoms with Crippen LogP contribution < -0.4 is 16.0 Å². The Morgan fingerprint density at radius 1 is 1.17 bits per heavy atom. The van der Waals surface area contributed by atoms with Gasteiger partial charge >= 0.3 is 0 Å². The third-order valence-corrected chi connectivity index (χ3v) is 3.11. The monoisotopic (exact) mass is 452 g/mol. The van der Waals surface area contributed by atoms with Crippen LogP contribution in [0.15, 0.2) is 29.3 Å². The Bertz CT molecular complexity index is 509. The maximum atomic E-state index is 12.0. The lowest BCUT2D eigenvalue weighted by molar-refractivity contribution is 0.0954. The zero-order chi connectivity index (χ0) is 16.4. The molecule has 0 fully saturated rings. The van der Waals surface area contributed by atoms with Gasteiger partial charge in [0.05, 0.1) is 10.6 Å². The minimum atomic E-state index is -0.170. The van der Waals surface area contributed by atoms with E-state index < -0.39 is 0 Å². The van der Waals surface area contributed by atoms with Gasteiger partial charge in [-0.05, 0) is 25.0 Å². The van der Waals surface area contributed by atoms with Crippen LogP contribution in [0.3, 0.4) is 0 Å². The Morgan fingerprint density at radius 2 is 1.83 bits per heavy atom. The van der Waals surface area contributed by atoms with Crippen molar-refractivity contribution in [1.29, 1.82) is 0 Å². The van der Waals surface area contributed by atoms with Crippen LogP contribution >= 0.6 is 35.6 Å². The lowest BCUT2D eigenvalue weighted by Crippen LogP contribution is -2.41. The highest BCUT2D eigenvalue weighted by atomic mass is 127. The van der Waals surface area contributed by atoms with Gasteiger partial charge in [-0.1, -0.05) is 37.6 Å². The topological polar surface area (TPSA) is 65.5 Å². The molecule has 7 heteroatoms. The molecule has 1 amide bonds. The van der Waals surface area contributed by atoms with Gasteiger partial charge in [0.2, 0.25) is 0 Å². The normalized spacial score (nSPS) is 10.9. The van der Waals surface area contributed by atoms with E-state index in [9.17, 15) is 4.79 Å². The molecule has 1 aromatic rings. The summed E-state index contributed by atoms with van der Waals surface area (Å²) in [5.41, 5.74) is 0.490. The number of benzene rings is 1. The van der Waals surface area contributed by atoms with E-state index in [4.69, 9.17) is 11.6 Å². The second-order valence-electron chi connectivity index (χ2n) is 5.28. The van der Waals surface area contributed by atoms with Crippen LogP contribution in [0.1, 0.15) is 31.1 Å². The van der Waals surface area contributed by atoms with Crippen molar-refractivity contribution in [3.8, 4) is 0 Å². The van der Waals surface area contributed by atoms with Crippen molar-refractivity contribution >= 4 is 47.4 Å². The molecule has 0 aliphatic carbocycles. The van der Waals surface area contributed by atoms with Crippen LogP contribution in [0.4, 0.5) is 0 Å². The van der Waals surface area contributed by atoms with E-state index in [1.54, 1.807) is 24.3 Å². The van der Waals surface area contributed by atoms with Crippen LogP contribution in [0, 0.1) is 5.92 Å². The summed E-state index contributed by atoms with van der Waals surface area (Å²) >= 11 is 5.99. The summed E-state index contributed by atoms with van der Waals surface area (Å²) in [6, 6.07) is 7.01. The van der Waals surface area contributed by atoms with Crippen molar-refractivity contribution in [3.63, 3.8) is 0 Å². The molecule has 1 rings (SSSR count). The van der Waals surface area contributed by atoms with E-state index >= 15 is 0 Å². The zero-order valence-corrected chi connectivity index (χ0v) is 16.9. The number of carbonyl (C=O) groups is 1. The first kappa shape index (κ1) is 22.0. The number of nitrogens with one attached hydrogen (secondary N) is 3. The fraction of sp³-hybridized carbons (Fsp3) is 0.500. The second-order valence-corrected chi connectivity index (χ2v) is 5.68. The summed E-state index contributed by atoms with van der Waals surface area (Å²) in [7, 11) is 0. The molecule has 130 valence electrons. The largest absolute Gasteiger partial charge is 0.357 e. The number of amides is 1. The Morgan fingerprint density at radius 3 is 2.43 bits per heavy atom. The van der Waals surface area contributed by atoms with E-state index in [1.807, 2.05) is 6.92 Å². The quantitative estimate of drug-likeness (QED) is 0.258. The van der Waals surface area contributed by atoms with Crippen molar-refractivity contribution in [2.75, 3.05) is 26.2 Å². The molecule has 0 heterocycles. The summed E-state index contributed by atoms with van der Waals surface area (Å²) in [6.07, 6.45) is 0. The molecule has 0 aliphatic rings. The minimum Gasteiger partial charge on any atom is -0.357 e. The fourth-order valence-corrected chi connectivity index (χ4v) is 1.93. The molecular weight excluding hydrogens is 427 g/mol. The summed E-state index contributed by atoms with van der Waals surface area (Å²) in [6.45, 7) is 8.92. The summed E-state index contributed by atoms with van der Waals surface area (Å²) in [5, 5.41) is 9.65. The third-order valence-electron chi connectivity index (χ3n) is 2.78. The number of rotatable bonds is 7. The maximum absolute atomic E-state index is 12.0. The summed E-state index contributed by atoms with van der Waals surface area (Å²) in [5.74, 6) is 1.11. The highest BCUT2D eigenvalue weighted by Crippen LogP contribution is 2.14. The van der Waals surface area contributed by atoms with E-state index in [-0.39, 0.29) is 29.9 Å². The first-order valence-corrected chi connectivity index (χ1v) is 7.97. The number of guanidine groups is 1. The highest BCUT2D eigenvalue weighted by Gasteiger charge is 2.08. The predicted molar refractivity (Wildman–Crippen MR) is 108 cm³/mol. The number of nitrogens with zero attached hydrogens (tertiary/aromatic N) is 1. The van der Waals surface area contributed by atoms with E-state index in [2.05, 4.69) is 34.8 Å². The standard InChI is InChI=1S/C16H25ClN4O.HI/c1-4-18-16(21-11-12(2)3)20-10-9-19-15(22)13-7-5-6-8-14(13)17;/h5-8,12H,4,9-11H2,1-3H3,(H,19,22)(H2,18,20,21);1H. The van der Waals surface area contributed by atoms with Crippen molar-refractivity contribution in [2.45, 2.75) is 20.8 Å². The molecule has 0 saturated carbocycles. The molecule has 0 bridgehead atoms. The van der Waals surface area contributed by atoms with Crippen LogP contribution in [-0.4, -0.2) is 38.0 Å². The SMILES string of the molecule is CCNC(=NCC(C)C)NCCNC(=O)c1ccccc1Cl.I. The lowest BCUT2D eigenvalue weighted by atomic mass is 10.2. The second kappa shape index (κ2) is 12.4. The Kier molecular flexibility index (Phi) is 11.9. The summed E-state index contributed by atoms with van der Waals surface area (Å²) < 4.78 is 0. The van der Waals surface area contributed by atoms with Gasteiger partial charge in [0.15, 0.2) is 5.96 Å². The van der Waals surface area contributed by atoms with Gasteiger partial charge in [0.25, 0.3) is 5.91 Å². The van der Waals surface area contributed by atoms with Crippen LogP contribution in [0.25, 0.3) is 0 Å². The first-order chi connectivity index (χ1) is 10.5. The Balaban J connectivity index is 0.00000484. The molecule has 0 aliphatic heterocycles. The van der Waals surface area contributed by atoms with Gasteiger partial charge in [-0.15, -0.1) is 24.0 Å². The van der Waals surface area contributed by atoms with Crippen LogP contribution in [0.2, 0.25) is 5.02 Å². The molecule has 23 heavy (non-hydrogen) atoms. The predicted octanol–water partition coefficient (Wildman–Crippen LogP) is 2.90. The minimum absolute atomic E-state index is 0. The maximum Gasteiger partial charge on any atom is 0.252 e. The van der Waals surface area contributed by atoms with Gasteiger partial charge in [-0.25, -0.2) is 0 Å². The number of carbonyl (C=O) groups excluding carboxylic acids is 1. The van der Waals surface area contributed by atoms with Crippen molar-refractivity contribution < 1.29 is 4.79 Å². The molecule has 0 atom stereocenters. The van der Waals surface area contributed by atoms with Crippen molar-refractivity contribution in [1.82, 2.24) is 16.0 Å². The number of aliphatic imine (C=N–C) groups is 1. The molecule has 0 unspecified atom stereocenters. The van der Waals surface area contributed by atoms with Gasteiger partial charge in [0, 0.05) is 26.2 Å². The zero-order valence-electron chi connectivity index (χ0n) is 13.9. The smallest absolute Gasteiger partial charge is 0.252 e. The van der Waals surface area contributed by atoms with Gasteiger partial charge in [-0.2, -0.15) is 0 Å². The molecule has 0 radical (unpaired) electrons. The molecule has 1 aromatic carbocycles. The van der Waals surface area contributed by atoms with Crippen molar-refractivity contribution in [3.05, 3.63) is 34.9 Å². The van der Waals surface area contributed by atoms with E-state index in [0.29, 0.717) is 29.6 Å². The lowest BCUT2D eigenvalue weighted by Gasteiger charge is -2.12. The van der Waals surface area contributed by atoms with Gasteiger partial charge in [-0.3, -0.25) is 9.79 Å².